The average Bonchev–Trinajstić information content (AvgIpc) is 1.88. The topological polar surface area (TPSA) is 72.0 Å². The summed E-state index contributed by atoms with van der Waals surface area (Å²) in [5.74, 6) is 0.183. The van der Waals surface area contributed by atoms with Gasteiger partial charge < -0.3 is 10.8 Å². The number of hydrogen-bond acceptors (Lipinski definition) is 4. The van der Waals surface area contributed by atoms with Crippen molar-refractivity contribution in [2.45, 2.75) is 6.61 Å². The molecule has 3 N–H and O–H groups in total. The van der Waals surface area contributed by atoms with Crippen molar-refractivity contribution in [1.29, 1.82) is 0 Å². The maximum absolute atomic E-state index is 8.59. The Morgan fingerprint density at radius 1 is 1.70 bits per heavy atom. The van der Waals surface area contributed by atoms with Crippen LogP contribution in [0.5, 0.6) is 0 Å². The number of aromatic nitrogens is 2. The van der Waals surface area contributed by atoms with Crippen molar-refractivity contribution in [3.8, 4) is 0 Å². The number of anilines is 1. The van der Waals surface area contributed by atoms with Gasteiger partial charge in [-0.15, -0.1) is 0 Å². The molecule has 0 bridgehead atoms. The van der Waals surface area contributed by atoms with E-state index in [1.165, 1.54) is 6.20 Å². The van der Waals surface area contributed by atoms with E-state index in [9.17, 15) is 0 Å². The summed E-state index contributed by atoms with van der Waals surface area (Å²) >= 11 is 0. The summed E-state index contributed by atoms with van der Waals surface area (Å²) in [7, 11) is 5.25. The minimum absolute atomic E-state index is 0.183. The molecule has 0 aliphatic carbocycles. The summed E-state index contributed by atoms with van der Waals surface area (Å²) in [5, 5.41) is 8.59. The lowest BCUT2D eigenvalue weighted by Gasteiger charge is -1.99. The Kier molecular flexibility index (Phi) is 1.87. The molecule has 0 fully saturated rings. The van der Waals surface area contributed by atoms with Crippen molar-refractivity contribution in [3.63, 3.8) is 0 Å². The minimum Gasteiger partial charge on any atom is -0.390 e. The van der Waals surface area contributed by atoms with Gasteiger partial charge in [0.15, 0.2) is 0 Å². The van der Waals surface area contributed by atoms with Gasteiger partial charge in [0.05, 0.1) is 6.61 Å². The van der Waals surface area contributed by atoms with Crippen LogP contribution >= 0.6 is 0 Å². The van der Waals surface area contributed by atoms with Gasteiger partial charge in [0.25, 0.3) is 0 Å². The van der Waals surface area contributed by atoms with E-state index in [0.717, 1.165) is 0 Å². The average molecular weight is 135 g/mol. The number of nitrogens with two attached hydrogens (primary N) is 1. The maximum Gasteiger partial charge on any atom is 0.146 e. The lowest BCUT2D eigenvalue weighted by Crippen LogP contribution is -2.14. The van der Waals surface area contributed by atoms with Crippen molar-refractivity contribution >= 4 is 19.3 Å². The normalized spacial score (nSPS) is 9.70. The first kappa shape index (κ1) is 7.02. The zero-order valence-electron chi connectivity index (χ0n) is 5.28. The fraction of sp³-hybridized carbons (Fsp3) is 0.200. The minimum atomic E-state index is -0.209. The fourth-order valence-corrected chi connectivity index (χ4v) is 0.564. The van der Waals surface area contributed by atoms with E-state index >= 15 is 0 Å². The molecule has 0 atom stereocenters. The molecule has 1 heterocycles. The van der Waals surface area contributed by atoms with Crippen LogP contribution in [0.25, 0.3) is 0 Å². The third-order valence-electron chi connectivity index (χ3n) is 1.05. The summed E-state index contributed by atoms with van der Waals surface area (Å²) in [4.78, 5) is 7.41. The summed E-state index contributed by atoms with van der Waals surface area (Å²) in [6, 6.07) is 0. The molecule has 2 radical (unpaired) electrons. The van der Waals surface area contributed by atoms with Gasteiger partial charge in [-0.3, -0.25) is 4.98 Å². The van der Waals surface area contributed by atoms with Gasteiger partial charge in [-0.25, -0.2) is 4.98 Å². The van der Waals surface area contributed by atoms with Crippen LogP contribution in [0.15, 0.2) is 6.20 Å². The number of nitrogen functional groups attached to an aromatic ring is 1. The monoisotopic (exact) mass is 135 g/mol. The van der Waals surface area contributed by atoms with E-state index in [2.05, 4.69) is 9.97 Å². The highest BCUT2D eigenvalue weighted by Gasteiger charge is 1.98. The summed E-state index contributed by atoms with van der Waals surface area (Å²) < 4.78 is 0. The SMILES string of the molecule is [B]c1cnc(CO)c(N)n1. The second kappa shape index (κ2) is 2.66. The van der Waals surface area contributed by atoms with Gasteiger partial charge in [-0.05, 0) is 0 Å². The Morgan fingerprint density at radius 3 is 2.90 bits per heavy atom. The molecule has 0 spiro atoms. The maximum atomic E-state index is 8.59. The molecule has 0 aliphatic heterocycles. The molecule has 0 amide bonds. The zero-order chi connectivity index (χ0) is 7.56. The molecule has 0 unspecified atom stereocenters. The van der Waals surface area contributed by atoms with Gasteiger partial charge in [-0.1, -0.05) is 0 Å². The third-order valence-corrected chi connectivity index (χ3v) is 1.05. The van der Waals surface area contributed by atoms with E-state index < -0.39 is 0 Å². The van der Waals surface area contributed by atoms with Gasteiger partial charge >= 0.3 is 0 Å². The summed E-state index contributed by atoms with van der Waals surface area (Å²) in [5.41, 5.74) is 5.93. The van der Waals surface area contributed by atoms with Crippen LogP contribution in [0.3, 0.4) is 0 Å². The first-order valence-electron chi connectivity index (χ1n) is 2.71. The van der Waals surface area contributed by atoms with Gasteiger partial charge in [0.1, 0.15) is 19.4 Å². The van der Waals surface area contributed by atoms with Crippen LogP contribution in [0.4, 0.5) is 5.82 Å². The van der Waals surface area contributed by atoms with E-state index in [1.54, 1.807) is 0 Å². The van der Waals surface area contributed by atoms with E-state index in [0.29, 0.717) is 5.69 Å². The number of nitrogens with zero attached hydrogens (tertiary/aromatic N) is 2. The summed E-state index contributed by atoms with van der Waals surface area (Å²) in [6.07, 6.45) is 1.35. The second-order valence-corrected chi connectivity index (χ2v) is 1.78. The first-order chi connectivity index (χ1) is 4.74. The number of rotatable bonds is 1. The Hall–Kier alpha value is -1.10. The summed E-state index contributed by atoms with van der Waals surface area (Å²) in [6.45, 7) is -0.209. The van der Waals surface area contributed by atoms with Crippen LogP contribution in [0.2, 0.25) is 0 Å². The number of aliphatic hydroxyl groups is 1. The molecule has 1 rings (SSSR count). The smallest absolute Gasteiger partial charge is 0.146 e. The van der Waals surface area contributed by atoms with Gasteiger partial charge in [0.2, 0.25) is 0 Å². The lowest BCUT2D eigenvalue weighted by atomic mass is 10.1. The number of hydrogen-bond donors (Lipinski definition) is 2. The predicted octanol–water partition coefficient (Wildman–Crippen LogP) is -1.66. The Labute approximate surface area is 59.5 Å². The second-order valence-electron chi connectivity index (χ2n) is 1.78. The Bertz CT molecular complexity index is 240. The quantitative estimate of drug-likeness (QED) is 0.452. The fourth-order valence-electron chi connectivity index (χ4n) is 0.564. The van der Waals surface area contributed by atoms with Crippen molar-refractivity contribution < 1.29 is 5.11 Å². The molecule has 50 valence electrons. The number of aliphatic hydroxyl groups excluding tert-OH is 1. The third kappa shape index (κ3) is 1.25. The highest BCUT2D eigenvalue weighted by Crippen LogP contribution is 1.99. The van der Waals surface area contributed by atoms with Crippen LogP contribution in [-0.4, -0.2) is 22.9 Å². The van der Waals surface area contributed by atoms with Crippen LogP contribution < -0.4 is 11.3 Å². The molecule has 10 heavy (non-hydrogen) atoms. The molecular formula is C5H6BN3O. The molecular weight excluding hydrogens is 129 g/mol. The highest BCUT2D eigenvalue weighted by atomic mass is 16.3. The molecule has 5 heteroatoms. The van der Waals surface area contributed by atoms with Crippen molar-refractivity contribution in [2.75, 3.05) is 5.73 Å². The van der Waals surface area contributed by atoms with Crippen LogP contribution in [0.1, 0.15) is 5.69 Å². The van der Waals surface area contributed by atoms with Gasteiger partial charge in [0, 0.05) is 11.8 Å². The van der Waals surface area contributed by atoms with E-state index in [4.69, 9.17) is 18.7 Å². The molecule has 4 nitrogen and oxygen atoms in total. The zero-order valence-corrected chi connectivity index (χ0v) is 5.28. The van der Waals surface area contributed by atoms with Crippen molar-refractivity contribution in [1.82, 2.24) is 9.97 Å². The highest BCUT2D eigenvalue weighted by molar-refractivity contribution is 6.30. The molecule has 0 saturated heterocycles. The van der Waals surface area contributed by atoms with Crippen molar-refractivity contribution in [2.24, 2.45) is 0 Å². The van der Waals surface area contributed by atoms with E-state index in [1.807, 2.05) is 0 Å². The largest absolute Gasteiger partial charge is 0.390 e. The molecule has 0 saturated carbocycles. The van der Waals surface area contributed by atoms with Crippen LogP contribution in [-0.2, 0) is 6.61 Å². The first-order valence-corrected chi connectivity index (χ1v) is 2.71. The van der Waals surface area contributed by atoms with E-state index in [-0.39, 0.29) is 18.0 Å². The Morgan fingerprint density at radius 2 is 2.40 bits per heavy atom. The molecule has 1 aromatic heterocycles. The predicted molar refractivity (Wildman–Crippen MR) is 37.8 cm³/mol. The van der Waals surface area contributed by atoms with Crippen LogP contribution in [0, 0.1) is 0 Å². The Balaban J connectivity index is 3.07. The van der Waals surface area contributed by atoms with Gasteiger partial charge in [-0.2, -0.15) is 0 Å². The molecule has 1 aromatic rings. The molecule has 0 aromatic carbocycles. The lowest BCUT2D eigenvalue weighted by molar-refractivity contribution is 0.277. The van der Waals surface area contributed by atoms with Crippen molar-refractivity contribution in [3.05, 3.63) is 11.9 Å². The standard InChI is InChI=1S/C5H6BN3O/c6-4-1-8-3(2-10)5(7)9-4/h1,10H,2H2,(H2,7,9). The molecule has 0 aliphatic rings.